The molecule has 6 nitrogen and oxygen atoms in total. The lowest BCUT2D eigenvalue weighted by atomic mass is 9.95. The van der Waals surface area contributed by atoms with Crippen LogP contribution in [0.2, 0.25) is 0 Å². The number of morpholine rings is 1. The molecule has 0 saturated carbocycles. The molecule has 0 aliphatic carbocycles. The summed E-state index contributed by atoms with van der Waals surface area (Å²) in [6, 6.07) is 7.61. The molecular weight excluding hydrogens is 354 g/mol. The molecular formula is C22H33N3O3. The van der Waals surface area contributed by atoms with Crippen molar-refractivity contribution in [2.24, 2.45) is 5.92 Å². The number of ether oxygens (including phenoxy) is 1. The van der Waals surface area contributed by atoms with Crippen LogP contribution in [0.15, 0.2) is 24.3 Å². The lowest BCUT2D eigenvalue weighted by Crippen LogP contribution is -2.44. The van der Waals surface area contributed by atoms with E-state index in [4.69, 9.17) is 4.74 Å². The second kappa shape index (κ2) is 10.0. The van der Waals surface area contributed by atoms with Gasteiger partial charge in [0.25, 0.3) is 5.91 Å². The van der Waals surface area contributed by atoms with E-state index in [-0.39, 0.29) is 11.8 Å². The summed E-state index contributed by atoms with van der Waals surface area (Å²) in [6.45, 7) is 6.68. The number of hydrogen-bond donors (Lipinski definition) is 0. The third-order valence-electron chi connectivity index (χ3n) is 5.82. The molecule has 0 bridgehead atoms. The fraction of sp³-hybridized carbons (Fsp3) is 0.636. The van der Waals surface area contributed by atoms with Crippen molar-refractivity contribution < 1.29 is 14.3 Å². The average molecular weight is 388 g/mol. The summed E-state index contributed by atoms with van der Waals surface area (Å²) in [6.07, 6.45) is 3.47. The number of carbonyl (C=O) groups excluding carboxylic acids is 2. The number of aryl methyl sites for hydroxylation is 1. The Balaban J connectivity index is 1.39. The van der Waals surface area contributed by atoms with Crippen molar-refractivity contribution in [3.8, 4) is 0 Å². The number of benzene rings is 1. The van der Waals surface area contributed by atoms with Crippen molar-refractivity contribution in [3.05, 3.63) is 35.4 Å². The SMILES string of the molecule is CN(C)C(=O)c1ccc(CCC(=O)N2CCC(CN3CCOCC3)CC2)cc1. The van der Waals surface area contributed by atoms with E-state index in [1.165, 1.54) is 0 Å². The van der Waals surface area contributed by atoms with Crippen LogP contribution in [0.25, 0.3) is 0 Å². The molecule has 0 aromatic heterocycles. The second-order valence-corrected chi connectivity index (χ2v) is 8.13. The maximum absolute atomic E-state index is 12.6. The summed E-state index contributed by atoms with van der Waals surface area (Å²) in [5.74, 6) is 0.949. The van der Waals surface area contributed by atoms with Gasteiger partial charge in [0, 0.05) is 58.8 Å². The molecule has 3 rings (SSSR count). The number of piperidine rings is 1. The van der Waals surface area contributed by atoms with Gasteiger partial charge < -0.3 is 14.5 Å². The second-order valence-electron chi connectivity index (χ2n) is 8.13. The van der Waals surface area contributed by atoms with Gasteiger partial charge >= 0.3 is 0 Å². The maximum Gasteiger partial charge on any atom is 0.253 e. The Kier molecular flexibility index (Phi) is 7.45. The topological polar surface area (TPSA) is 53.1 Å². The zero-order valence-corrected chi connectivity index (χ0v) is 17.2. The van der Waals surface area contributed by atoms with Gasteiger partial charge in [0.15, 0.2) is 0 Å². The van der Waals surface area contributed by atoms with Crippen molar-refractivity contribution in [2.45, 2.75) is 25.7 Å². The smallest absolute Gasteiger partial charge is 0.253 e. The number of carbonyl (C=O) groups is 2. The van der Waals surface area contributed by atoms with Crippen LogP contribution in [-0.4, -0.2) is 86.5 Å². The van der Waals surface area contributed by atoms with Gasteiger partial charge in [-0.25, -0.2) is 0 Å². The Morgan fingerprint density at radius 2 is 1.68 bits per heavy atom. The quantitative estimate of drug-likeness (QED) is 0.748. The lowest BCUT2D eigenvalue weighted by Gasteiger charge is -2.36. The molecule has 0 N–H and O–H groups in total. The van der Waals surface area contributed by atoms with Crippen LogP contribution in [-0.2, 0) is 16.0 Å². The Bertz CT molecular complexity index is 645. The number of likely N-dealkylation sites (tertiary alicyclic amines) is 1. The van der Waals surface area contributed by atoms with Gasteiger partial charge in [0.05, 0.1) is 13.2 Å². The molecule has 2 amide bonds. The molecule has 2 fully saturated rings. The number of nitrogens with zero attached hydrogens (tertiary/aromatic N) is 3. The Labute approximate surface area is 168 Å². The molecule has 0 unspecified atom stereocenters. The van der Waals surface area contributed by atoms with E-state index >= 15 is 0 Å². The molecule has 154 valence electrons. The molecule has 6 heteroatoms. The highest BCUT2D eigenvalue weighted by atomic mass is 16.5. The van der Waals surface area contributed by atoms with E-state index in [1.54, 1.807) is 19.0 Å². The number of amides is 2. The highest BCUT2D eigenvalue weighted by molar-refractivity contribution is 5.93. The first-order valence-corrected chi connectivity index (χ1v) is 10.4. The molecule has 2 aliphatic heterocycles. The first-order valence-electron chi connectivity index (χ1n) is 10.4. The van der Waals surface area contributed by atoms with Crippen LogP contribution < -0.4 is 0 Å². The summed E-state index contributed by atoms with van der Waals surface area (Å²) >= 11 is 0. The highest BCUT2D eigenvalue weighted by Gasteiger charge is 2.24. The van der Waals surface area contributed by atoms with Crippen molar-refractivity contribution in [2.75, 3.05) is 60.0 Å². The molecule has 2 saturated heterocycles. The van der Waals surface area contributed by atoms with Gasteiger partial charge in [-0.05, 0) is 42.9 Å². The van der Waals surface area contributed by atoms with Crippen molar-refractivity contribution in [1.82, 2.24) is 14.7 Å². The van der Waals surface area contributed by atoms with Crippen LogP contribution in [0.4, 0.5) is 0 Å². The largest absolute Gasteiger partial charge is 0.379 e. The zero-order chi connectivity index (χ0) is 19.9. The van der Waals surface area contributed by atoms with Crippen LogP contribution in [0, 0.1) is 5.92 Å². The van der Waals surface area contributed by atoms with Crippen LogP contribution in [0.5, 0.6) is 0 Å². The third kappa shape index (κ3) is 5.79. The first kappa shape index (κ1) is 20.8. The van der Waals surface area contributed by atoms with Crippen molar-refractivity contribution >= 4 is 11.8 Å². The van der Waals surface area contributed by atoms with E-state index in [0.29, 0.717) is 17.9 Å². The molecule has 28 heavy (non-hydrogen) atoms. The Morgan fingerprint density at radius 1 is 1.04 bits per heavy atom. The molecule has 0 radical (unpaired) electrons. The summed E-state index contributed by atoms with van der Waals surface area (Å²) in [5.41, 5.74) is 1.79. The minimum absolute atomic E-state index is 0.00239. The number of rotatable bonds is 6. The van der Waals surface area contributed by atoms with Gasteiger partial charge in [-0.3, -0.25) is 14.5 Å². The molecule has 1 aromatic carbocycles. The van der Waals surface area contributed by atoms with E-state index in [1.807, 2.05) is 29.2 Å². The third-order valence-corrected chi connectivity index (χ3v) is 5.82. The zero-order valence-electron chi connectivity index (χ0n) is 17.2. The molecule has 2 heterocycles. The van der Waals surface area contributed by atoms with Gasteiger partial charge in [-0.1, -0.05) is 12.1 Å². The summed E-state index contributed by atoms with van der Waals surface area (Å²) in [4.78, 5) is 30.6. The van der Waals surface area contributed by atoms with Crippen LogP contribution in [0.1, 0.15) is 35.2 Å². The normalized spacial score (nSPS) is 18.9. The molecule has 0 atom stereocenters. The van der Waals surface area contributed by atoms with E-state index in [2.05, 4.69) is 4.90 Å². The summed E-state index contributed by atoms with van der Waals surface area (Å²) < 4.78 is 5.42. The highest BCUT2D eigenvalue weighted by Crippen LogP contribution is 2.20. The predicted octanol–water partition coefficient (Wildman–Crippen LogP) is 1.89. The summed E-state index contributed by atoms with van der Waals surface area (Å²) in [7, 11) is 3.50. The monoisotopic (exact) mass is 387 g/mol. The molecule has 1 aromatic rings. The van der Waals surface area contributed by atoms with E-state index in [9.17, 15) is 9.59 Å². The fourth-order valence-corrected chi connectivity index (χ4v) is 4.00. The summed E-state index contributed by atoms with van der Waals surface area (Å²) in [5, 5.41) is 0. The van der Waals surface area contributed by atoms with Gasteiger partial charge in [-0.2, -0.15) is 0 Å². The standard InChI is InChI=1S/C22H33N3O3/c1-23(2)22(27)20-6-3-18(4-7-20)5-8-21(26)25-11-9-19(10-12-25)17-24-13-15-28-16-14-24/h3-4,6-7,19H,5,8-17H2,1-2H3. The average Bonchev–Trinajstić information content (AvgIpc) is 2.73. The van der Waals surface area contributed by atoms with Crippen molar-refractivity contribution in [3.63, 3.8) is 0 Å². The van der Waals surface area contributed by atoms with Crippen LogP contribution in [0.3, 0.4) is 0 Å². The Morgan fingerprint density at radius 3 is 2.29 bits per heavy atom. The lowest BCUT2D eigenvalue weighted by molar-refractivity contribution is -0.132. The predicted molar refractivity (Wildman–Crippen MR) is 109 cm³/mol. The minimum Gasteiger partial charge on any atom is -0.379 e. The maximum atomic E-state index is 12.6. The van der Waals surface area contributed by atoms with E-state index in [0.717, 1.165) is 70.8 Å². The van der Waals surface area contributed by atoms with E-state index < -0.39 is 0 Å². The molecule has 2 aliphatic rings. The first-order chi connectivity index (χ1) is 13.5. The minimum atomic E-state index is 0.00239. The Hall–Kier alpha value is -1.92. The fourth-order valence-electron chi connectivity index (χ4n) is 4.00. The van der Waals surface area contributed by atoms with Gasteiger partial charge in [0.2, 0.25) is 5.91 Å². The van der Waals surface area contributed by atoms with Crippen molar-refractivity contribution in [1.29, 1.82) is 0 Å². The van der Waals surface area contributed by atoms with Gasteiger partial charge in [0.1, 0.15) is 0 Å². The van der Waals surface area contributed by atoms with Gasteiger partial charge in [-0.15, -0.1) is 0 Å². The number of hydrogen-bond acceptors (Lipinski definition) is 4. The van der Waals surface area contributed by atoms with Crippen LogP contribution >= 0.6 is 0 Å². The molecule has 0 spiro atoms.